The van der Waals surface area contributed by atoms with Crippen LogP contribution in [0.4, 0.5) is 4.79 Å². The molecule has 0 bridgehead atoms. The van der Waals surface area contributed by atoms with Crippen molar-refractivity contribution in [1.29, 1.82) is 0 Å². The summed E-state index contributed by atoms with van der Waals surface area (Å²) >= 11 is 0. The van der Waals surface area contributed by atoms with Crippen molar-refractivity contribution in [2.75, 3.05) is 45.8 Å². The van der Waals surface area contributed by atoms with Gasteiger partial charge < -0.3 is 19.7 Å². The summed E-state index contributed by atoms with van der Waals surface area (Å²) in [6.07, 6.45) is 3.13. The number of carbonyl (C=O) groups is 2. The maximum absolute atomic E-state index is 12.7. The first-order valence-corrected chi connectivity index (χ1v) is 11.1. The highest BCUT2D eigenvalue weighted by atomic mass is 16.2. The molecule has 1 aromatic heterocycles. The predicted octanol–water partition coefficient (Wildman–Crippen LogP) is 2.05. The smallest absolute Gasteiger partial charge is 0.317 e. The van der Waals surface area contributed by atoms with E-state index in [1.807, 2.05) is 35.0 Å². The standard InChI is InChI=1S/C22H32N6O2/c1-3-8-23-22(30)28-13-11-26(12-14-28)16-20-24-18-15-17(6-7-19(18)25(20)2)21(29)27-9-4-5-10-27/h6-7,15H,3-5,8-14,16H2,1-2H3,(H,23,30). The van der Waals surface area contributed by atoms with Crippen molar-refractivity contribution < 1.29 is 9.59 Å². The highest BCUT2D eigenvalue weighted by Crippen LogP contribution is 2.21. The summed E-state index contributed by atoms with van der Waals surface area (Å²) in [6.45, 7) is 8.36. The van der Waals surface area contributed by atoms with Crippen LogP contribution in [0.3, 0.4) is 0 Å². The molecule has 0 radical (unpaired) electrons. The number of amides is 3. The van der Waals surface area contributed by atoms with Gasteiger partial charge in [0, 0.05) is 58.4 Å². The third kappa shape index (κ3) is 4.28. The minimum atomic E-state index is 0.0365. The van der Waals surface area contributed by atoms with Gasteiger partial charge in [0.2, 0.25) is 0 Å². The molecule has 8 nitrogen and oxygen atoms in total. The molecule has 1 N–H and O–H groups in total. The minimum absolute atomic E-state index is 0.0365. The zero-order valence-electron chi connectivity index (χ0n) is 18.1. The molecule has 3 amide bonds. The molecule has 2 aromatic rings. The Morgan fingerprint density at radius 2 is 1.77 bits per heavy atom. The zero-order chi connectivity index (χ0) is 21.1. The van der Waals surface area contributed by atoms with E-state index < -0.39 is 0 Å². The number of urea groups is 1. The number of nitrogens with zero attached hydrogens (tertiary/aromatic N) is 5. The fourth-order valence-corrected chi connectivity index (χ4v) is 4.28. The molecule has 0 saturated carbocycles. The second-order valence-electron chi connectivity index (χ2n) is 8.28. The van der Waals surface area contributed by atoms with Gasteiger partial charge in [-0.05, 0) is 37.5 Å². The number of imidazole rings is 1. The third-order valence-electron chi connectivity index (χ3n) is 6.16. The first kappa shape index (κ1) is 20.7. The molecule has 0 unspecified atom stereocenters. The number of aryl methyl sites for hydroxylation is 1. The molecule has 0 aliphatic carbocycles. The van der Waals surface area contributed by atoms with E-state index in [-0.39, 0.29) is 11.9 Å². The lowest BCUT2D eigenvalue weighted by atomic mass is 10.2. The summed E-state index contributed by atoms with van der Waals surface area (Å²) in [5.41, 5.74) is 2.64. The molecular weight excluding hydrogens is 380 g/mol. The average molecular weight is 413 g/mol. The number of hydrogen-bond acceptors (Lipinski definition) is 4. The molecule has 8 heteroatoms. The van der Waals surface area contributed by atoms with E-state index in [4.69, 9.17) is 4.98 Å². The number of fused-ring (bicyclic) bond motifs is 1. The molecular formula is C22H32N6O2. The molecule has 2 saturated heterocycles. The van der Waals surface area contributed by atoms with Crippen molar-refractivity contribution in [1.82, 2.24) is 29.6 Å². The van der Waals surface area contributed by atoms with Gasteiger partial charge in [-0.3, -0.25) is 9.69 Å². The minimum Gasteiger partial charge on any atom is -0.339 e. The quantitative estimate of drug-likeness (QED) is 0.816. The average Bonchev–Trinajstić information content (AvgIpc) is 3.41. The molecule has 2 aliphatic rings. The maximum Gasteiger partial charge on any atom is 0.317 e. The first-order chi connectivity index (χ1) is 14.6. The van der Waals surface area contributed by atoms with E-state index in [1.54, 1.807) is 0 Å². The summed E-state index contributed by atoms with van der Waals surface area (Å²) in [5.74, 6) is 1.10. The molecule has 3 heterocycles. The van der Waals surface area contributed by atoms with Crippen LogP contribution in [0.25, 0.3) is 11.0 Å². The largest absolute Gasteiger partial charge is 0.339 e. The predicted molar refractivity (Wildman–Crippen MR) is 116 cm³/mol. The molecule has 2 aliphatic heterocycles. The maximum atomic E-state index is 12.7. The Hall–Kier alpha value is -2.61. The Kier molecular flexibility index (Phi) is 6.22. The van der Waals surface area contributed by atoms with Crippen molar-refractivity contribution in [2.45, 2.75) is 32.7 Å². The SMILES string of the molecule is CCCNC(=O)N1CCN(Cc2nc3cc(C(=O)N4CCCC4)ccc3n2C)CC1. The summed E-state index contributed by atoms with van der Waals surface area (Å²) in [4.78, 5) is 35.8. The van der Waals surface area contributed by atoms with Crippen molar-refractivity contribution in [3.8, 4) is 0 Å². The molecule has 162 valence electrons. The van der Waals surface area contributed by atoms with Crippen LogP contribution in [0.5, 0.6) is 0 Å². The van der Waals surface area contributed by atoms with Gasteiger partial charge in [0.25, 0.3) is 5.91 Å². The first-order valence-electron chi connectivity index (χ1n) is 11.1. The van der Waals surface area contributed by atoms with Crippen LogP contribution >= 0.6 is 0 Å². The second kappa shape index (κ2) is 9.04. The van der Waals surface area contributed by atoms with Gasteiger partial charge in [0.05, 0.1) is 17.6 Å². The van der Waals surface area contributed by atoms with Gasteiger partial charge >= 0.3 is 6.03 Å². The van der Waals surface area contributed by atoms with Crippen LogP contribution in [0.1, 0.15) is 42.4 Å². The van der Waals surface area contributed by atoms with Crippen LogP contribution in [0.15, 0.2) is 18.2 Å². The monoisotopic (exact) mass is 412 g/mol. The molecule has 4 rings (SSSR count). The zero-order valence-corrected chi connectivity index (χ0v) is 18.1. The summed E-state index contributed by atoms with van der Waals surface area (Å²) < 4.78 is 2.11. The highest BCUT2D eigenvalue weighted by molar-refractivity contribution is 5.97. The van der Waals surface area contributed by atoms with E-state index >= 15 is 0 Å². The number of likely N-dealkylation sites (tertiary alicyclic amines) is 1. The fourth-order valence-electron chi connectivity index (χ4n) is 4.28. The number of nitrogens with one attached hydrogen (secondary N) is 1. The fraction of sp³-hybridized carbons (Fsp3) is 0.591. The molecule has 30 heavy (non-hydrogen) atoms. The Balaban J connectivity index is 1.40. The van der Waals surface area contributed by atoms with Crippen LogP contribution in [-0.4, -0.2) is 82.0 Å². The summed E-state index contributed by atoms with van der Waals surface area (Å²) in [7, 11) is 2.03. The number of piperazine rings is 1. The van der Waals surface area contributed by atoms with Crippen molar-refractivity contribution in [3.05, 3.63) is 29.6 Å². The number of benzene rings is 1. The normalized spacial score (nSPS) is 17.7. The summed E-state index contributed by atoms with van der Waals surface area (Å²) in [5, 5.41) is 2.95. The van der Waals surface area contributed by atoms with Crippen molar-refractivity contribution in [3.63, 3.8) is 0 Å². The van der Waals surface area contributed by atoms with Crippen LogP contribution in [0, 0.1) is 0 Å². The molecule has 2 fully saturated rings. The molecule has 1 aromatic carbocycles. The van der Waals surface area contributed by atoms with Gasteiger partial charge in [-0.1, -0.05) is 6.92 Å². The Morgan fingerprint density at radius 3 is 2.47 bits per heavy atom. The number of carbonyl (C=O) groups excluding carboxylic acids is 2. The lowest BCUT2D eigenvalue weighted by molar-refractivity contribution is 0.0793. The topological polar surface area (TPSA) is 73.7 Å². The van der Waals surface area contributed by atoms with Gasteiger partial charge in [0.1, 0.15) is 5.82 Å². The van der Waals surface area contributed by atoms with Gasteiger partial charge in [-0.25, -0.2) is 9.78 Å². The lowest BCUT2D eigenvalue weighted by Gasteiger charge is -2.34. The van der Waals surface area contributed by atoms with Crippen LogP contribution in [0.2, 0.25) is 0 Å². The Labute approximate surface area is 177 Å². The second-order valence-corrected chi connectivity index (χ2v) is 8.28. The van der Waals surface area contributed by atoms with Crippen molar-refractivity contribution in [2.24, 2.45) is 7.05 Å². The highest BCUT2D eigenvalue weighted by Gasteiger charge is 2.23. The van der Waals surface area contributed by atoms with E-state index in [0.29, 0.717) is 0 Å². The Morgan fingerprint density at radius 1 is 1.03 bits per heavy atom. The molecule has 0 atom stereocenters. The van der Waals surface area contributed by atoms with Gasteiger partial charge in [-0.15, -0.1) is 0 Å². The van der Waals surface area contributed by atoms with E-state index in [0.717, 1.165) is 94.0 Å². The van der Waals surface area contributed by atoms with Crippen molar-refractivity contribution >= 4 is 23.0 Å². The van der Waals surface area contributed by atoms with Crippen LogP contribution in [-0.2, 0) is 13.6 Å². The lowest BCUT2D eigenvalue weighted by Crippen LogP contribution is -2.51. The van der Waals surface area contributed by atoms with Gasteiger partial charge in [0.15, 0.2) is 0 Å². The Bertz CT molecular complexity index is 910. The number of hydrogen-bond donors (Lipinski definition) is 1. The van der Waals surface area contributed by atoms with E-state index in [2.05, 4.69) is 21.7 Å². The summed E-state index contributed by atoms with van der Waals surface area (Å²) in [6, 6.07) is 5.89. The van der Waals surface area contributed by atoms with E-state index in [9.17, 15) is 9.59 Å². The third-order valence-corrected chi connectivity index (χ3v) is 6.16. The number of aromatic nitrogens is 2. The molecule has 0 spiro atoms. The van der Waals surface area contributed by atoms with E-state index in [1.165, 1.54) is 0 Å². The van der Waals surface area contributed by atoms with Crippen LogP contribution < -0.4 is 5.32 Å². The van der Waals surface area contributed by atoms with Gasteiger partial charge in [-0.2, -0.15) is 0 Å². The number of rotatable bonds is 5.